The van der Waals surface area contributed by atoms with E-state index in [0.29, 0.717) is 3.63 Å². The molecule has 2 aromatic rings. The molecule has 2 aliphatic rings. The molecule has 2 aliphatic carbocycles. The second-order valence-corrected chi connectivity index (χ2v) is 9.00. The van der Waals surface area contributed by atoms with Crippen molar-refractivity contribution in [3.63, 3.8) is 0 Å². The Morgan fingerprint density at radius 2 is 1.64 bits per heavy atom. The van der Waals surface area contributed by atoms with Gasteiger partial charge in [0.2, 0.25) is 0 Å². The quantitative estimate of drug-likeness (QED) is 0.576. The van der Waals surface area contributed by atoms with E-state index in [1.165, 1.54) is 33.4 Å². The summed E-state index contributed by atoms with van der Waals surface area (Å²) in [6.45, 7) is 6.95. The third-order valence-corrected chi connectivity index (χ3v) is 6.49. The molecule has 0 radical (unpaired) electrons. The summed E-state index contributed by atoms with van der Waals surface area (Å²) in [7, 11) is 0. The molecule has 1 atom stereocenters. The summed E-state index contributed by atoms with van der Waals surface area (Å²) in [6, 6.07) is 13.9. The molecule has 0 heterocycles. The van der Waals surface area contributed by atoms with Crippen LogP contribution in [0.1, 0.15) is 53.1 Å². The molecule has 0 saturated carbocycles. The Morgan fingerprint density at radius 3 is 2.28 bits per heavy atom. The van der Waals surface area contributed by atoms with Crippen molar-refractivity contribution in [2.75, 3.05) is 0 Å². The number of hydrogen-bond acceptors (Lipinski definition) is 0. The van der Waals surface area contributed by atoms with Crippen LogP contribution in [0.4, 0.5) is 0 Å². The van der Waals surface area contributed by atoms with E-state index in [0.717, 1.165) is 6.42 Å². The van der Waals surface area contributed by atoms with Crippen LogP contribution in [0, 0.1) is 0 Å². The van der Waals surface area contributed by atoms with Gasteiger partial charge in [-0.2, -0.15) is 0 Å². The van der Waals surface area contributed by atoms with Crippen LogP contribution in [0.3, 0.4) is 0 Å². The normalized spacial score (nSPS) is 17.3. The number of fused-ring (bicyclic) bond motifs is 3. The molecule has 4 rings (SSSR count). The molecule has 0 N–H and O–H groups in total. The predicted molar refractivity (Wildman–Crippen MR) is 94.2 cm³/mol. The Labute approximate surface area is 178 Å². The topological polar surface area (TPSA) is 0 Å². The first kappa shape index (κ1) is 20.7. The van der Waals surface area contributed by atoms with Gasteiger partial charge in [0.1, 0.15) is 0 Å². The van der Waals surface area contributed by atoms with Crippen molar-refractivity contribution in [1.82, 2.24) is 0 Å². The van der Waals surface area contributed by atoms with Crippen LogP contribution in [0.15, 0.2) is 54.6 Å². The molecule has 25 heavy (non-hydrogen) atoms. The van der Waals surface area contributed by atoms with E-state index in [9.17, 15) is 0 Å². The van der Waals surface area contributed by atoms with Crippen LogP contribution < -0.4 is 24.8 Å². The van der Waals surface area contributed by atoms with Gasteiger partial charge in [0.15, 0.2) is 0 Å². The first-order valence-corrected chi connectivity index (χ1v) is 9.73. The van der Waals surface area contributed by atoms with E-state index < -0.39 is 0 Å². The number of hydrogen-bond donors (Lipinski definition) is 0. The van der Waals surface area contributed by atoms with Gasteiger partial charge >= 0.3 is 155 Å². The van der Waals surface area contributed by atoms with E-state index in [2.05, 4.69) is 75.4 Å². The van der Waals surface area contributed by atoms with Crippen molar-refractivity contribution in [2.24, 2.45) is 0 Å². The third-order valence-electron chi connectivity index (χ3n) is 5.01. The van der Waals surface area contributed by atoms with E-state index in [1.807, 2.05) is 0 Å². The molecule has 127 valence electrons. The van der Waals surface area contributed by atoms with Crippen molar-refractivity contribution < 1.29 is 49.5 Å². The third kappa shape index (κ3) is 3.49. The Morgan fingerprint density at radius 1 is 0.960 bits per heavy atom. The number of allylic oxidation sites excluding steroid dienone is 4. The van der Waals surface area contributed by atoms with Gasteiger partial charge < -0.3 is 24.8 Å². The van der Waals surface area contributed by atoms with E-state index in [1.54, 1.807) is 30.3 Å². The summed E-state index contributed by atoms with van der Waals surface area (Å²) < 4.78 is 0.568. The fourth-order valence-electron chi connectivity index (χ4n) is 3.68. The molecular weight excluding hydrogens is 426 g/mol. The Balaban J connectivity index is 0.00000113. The summed E-state index contributed by atoms with van der Waals surface area (Å²) in [6.07, 6.45) is 7.84. The fraction of sp³-hybridized carbons (Fsp3) is 0.273. The summed E-state index contributed by atoms with van der Waals surface area (Å²) in [4.78, 5) is 0. The second kappa shape index (κ2) is 7.55. The SMILES string of the molecule is CC(C)(C)c1cc(C2=CC=CC2)c2c(c1)-c1ccccc1[CH]2[Zr+2].[Cl-].[Cl-]. The number of benzene rings is 2. The molecule has 0 fully saturated rings. The van der Waals surface area contributed by atoms with Gasteiger partial charge in [0.25, 0.3) is 0 Å². The minimum atomic E-state index is 0. The van der Waals surface area contributed by atoms with E-state index in [-0.39, 0.29) is 30.2 Å². The summed E-state index contributed by atoms with van der Waals surface area (Å²) >= 11 is 1.58. The van der Waals surface area contributed by atoms with E-state index in [4.69, 9.17) is 0 Å². The van der Waals surface area contributed by atoms with Gasteiger partial charge in [0, 0.05) is 0 Å². The standard InChI is InChI=1S/C22H21.2ClH.Zr/c1-22(2,3)17-13-19(15-8-4-5-9-15)20-12-16-10-6-7-11-18(16)21(20)14-17;;;/h4-8,10-14H,9H2,1-3H3;2*1H;/q;;;+2/p-2. The van der Waals surface area contributed by atoms with E-state index >= 15 is 0 Å². The molecule has 0 amide bonds. The first-order valence-electron chi connectivity index (χ1n) is 8.32. The van der Waals surface area contributed by atoms with Gasteiger partial charge in [0.05, 0.1) is 0 Å². The van der Waals surface area contributed by atoms with Crippen LogP contribution >= 0.6 is 0 Å². The minimum Gasteiger partial charge on any atom is -1.00 e. The summed E-state index contributed by atoms with van der Waals surface area (Å²) in [5.41, 5.74) is 10.6. The van der Waals surface area contributed by atoms with Crippen LogP contribution in [-0.2, 0) is 30.1 Å². The average Bonchev–Trinajstić information content (AvgIpc) is 3.14. The van der Waals surface area contributed by atoms with Crippen LogP contribution in [0.2, 0.25) is 0 Å². The largest absolute Gasteiger partial charge is 1.00 e. The number of halogens is 2. The smallest absolute Gasteiger partial charge is 1.00 e. The van der Waals surface area contributed by atoms with Gasteiger partial charge in [-0.15, -0.1) is 0 Å². The van der Waals surface area contributed by atoms with Gasteiger partial charge in [-0.3, -0.25) is 0 Å². The van der Waals surface area contributed by atoms with Crippen molar-refractivity contribution in [3.05, 3.63) is 76.9 Å². The maximum absolute atomic E-state index is 2.46. The molecule has 1 unspecified atom stereocenters. The van der Waals surface area contributed by atoms with Crippen LogP contribution in [0.5, 0.6) is 0 Å². The predicted octanol–water partition coefficient (Wildman–Crippen LogP) is -0.0480. The van der Waals surface area contributed by atoms with Crippen molar-refractivity contribution in [1.29, 1.82) is 0 Å². The summed E-state index contributed by atoms with van der Waals surface area (Å²) in [5.74, 6) is 0. The zero-order valence-electron chi connectivity index (χ0n) is 14.7. The maximum atomic E-state index is 2.46. The zero-order chi connectivity index (χ0) is 16.2. The molecule has 0 aromatic heterocycles. The Bertz CT molecular complexity index is 857. The second-order valence-electron chi connectivity index (χ2n) is 7.58. The Kier molecular flexibility index (Phi) is 6.25. The molecular formula is C22H21Cl2Zr. The van der Waals surface area contributed by atoms with Crippen molar-refractivity contribution >= 4 is 5.57 Å². The van der Waals surface area contributed by atoms with Crippen LogP contribution in [0.25, 0.3) is 16.7 Å². The monoisotopic (exact) mass is 445 g/mol. The van der Waals surface area contributed by atoms with Gasteiger partial charge in [-0.25, -0.2) is 0 Å². The maximum Gasteiger partial charge on any atom is -1.00 e. The van der Waals surface area contributed by atoms with Gasteiger partial charge in [-0.1, -0.05) is 0 Å². The Hall–Kier alpha value is -0.617. The van der Waals surface area contributed by atoms with Crippen molar-refractivity contribution in [3.8, 4) is 11.1 Å². The zero-order valence-corrected chi connectivity index (χ0v) is 18.7. The molecule has 0 spiro atoms. The summed E-state index contributed by atoms with van der Waals surface area (Å²) in [5, 5.41) is 0. The number of rotatable bonds is 1. The fourth-order valence-corrected chi connectivity index (χ4v) is 5.07. The average molecular weight is 448 g/mol. The van der Waals surface area contributed by atoms with Crippen molar-refractivity contribution in [2.45, 2.75) is 36.2 Å². The molecule has 0 bridgehead atoms. The van der Waals surface area contributed by atoms with Crippen LogP contribution in [-0.4, -0.2) is 0 Å². The molecule has 3 heteroatoms. The molecule has 0 nitrogen and oxygen atoms in total. The molecule has 0 aliphatic heterocycles. The minimum absolute atomic E-state index is 0. The van der Waals surface area contributed by atoms with Gasteiger partial charge in [-0.05, 0) is 0 Å². The molecule has 2 aromatic carbocycles. The molecule has 0 saturated heterocycles. The first-order chi connectivity index (χ1) is 11.0.